The minimum atomic E-state index is -0.0716. The highest BCUT2D eigenvalue weighted by Gasteiger charge is 2.42. The van der Waals surface area contributed by atoms with Gasteiger partial charge >= 0.3 is 0 Å². The molecule has 3 heterocycles. The van der Waals surface area contributed by atoms with Crippen LogP contribution in [0.15, 0.2) is 40.7 Å². The van der Waals surface area contributed by atoms with Gasteiger partial charge in [0.15, 0.2) is 0 Å². The van der Waals surface area contributed by atoms with Gasteiger partial charge in [0.2, 0.25) is 5.91 Å². The predicted octanol–water partition coefficient (Wildman–Crippen LogP) is 3.18. The van der Waals surface area contributed by atoms with Crippen LogP contribution >= 0.6 is 11.3 Å². The van der Waals surface area contributed by atoms with Crippen LogP contribution in [-0.2, 0) is 24.2 Å². The molecular weight excluding hydrogens is 392 g/mol. The number of hydrogen-bond acceptors (Lipinski definition) is 5. The summed E-state index contributed by atoms with van der Waals surface area (Å²) < 4.78 is 0. The summed E-state index contributed by atoms with van der Waals surface area (Å²) in [5.74, 6) is 0.630. The molecule has 1 aromatic carbocycles. The summed E-state index contributed by atoms with van der Waals surface area (Å²) in [6, 6.07) is 11.5. The number of benzene rings is 1. The number of fused-ring (bicyclic) bond motifs is 3. The first-order valence-electron chi connectivity index (χ1n) is 11.1. The van der Waals surface area contributed by atoms with Crippen molar-refractivity contribution in [2.45, 2.75) is 56.8 Å². The highest BCUT2D eigenvalue weighted by Crippen LogP contribution is 2.35. The topological polar surface area (TPSA) is 56.7 Å². The number of amides is 1. The third-order valence-electron chi connectivity index (χ3n) is 6.86. The Hall–Kier alpha value is -2.18. The Morgan fingerprint density at radius 3 is 2.93 bits per heavy atom. The minimum absolute atomic E-state index is 0.0278. The molecule has 3 aliphatic rings. The number of nitrogens with one attached hydrogen (secondary N) is 2. The number of anilines is 1. The fourth-order valence-electron chi connectivity index (χ4n) is 5.31. The molecule has 4 atom stereocenters. The molecule has 2 bridgehead atoms. The van der Waals surface area contributed by atoms with Crippen molar-refractivity contribution in [3.63, 3.8) is 0 Å². The van der Waals surface area contributed by atoms with E-state index in [2.05, 4.69) is 56.2 Å². The first-order chi connectivity index (χ1) is 14.7. The average Bonchev–Trinajstić information content (AvgIpc) is 3.51. The van der Waals surface area contributed by atoms with Gasteiger partial charge in [-0.15, -0.1) is 11.3 Å². The molecule has 6 heteroatoms. The van der Waals surface area contributed by atoms with E-state index in [4.69, 9.17) is 0 Å². The third kappa shape index (κ3) is 4.03. The predicted molar refractivity (Wildman–Crippen MR) is 124 cm³/mol. The number of aliphatic imine (C=N–C) groups is 1. The maximum Gasteiger partial charge on any atom is 0.237 e. The van der Waals surface area contributed by atoms with E-state index >= 15 is 0 Å². The van der Waals surface area contributed by atoms with Crippen LogP contribution in [0, 0.1) is 5.92 Å². The lowest BCUT2D eigenvalue weighted by molar-refractivity contribution is -0.124. The molecule has 2 aliphatic heterocycles. The number of nitrogens with zero attached hydrogens (tertiary/aromatic N) is 2. The highest BCUT2D eigenvalue weighted by atomic mass is 32.1. The van der Waals surface area contributed by atoms with Crippen molar-refractivity contribution in [3.05, 3.63) is 51.7 Å². The van der Waals surface area contributed by atoms with E-state index in [1.807, 2.05) is 17.6 Å². The monoisotopic (exact) mass is 422 g/mol. The fraction of sp³-hybridized carbons (Fsp3) is 0.500. The van der Waals surface area contributed by atoms with Crippen LogP contribution in [0.4, 0.5) is 5.69 Å². The van der Waals surface area contributed by atoms with Gasteiger partial charge in [0.05, 0.1) is 12.1 Å². The van der Waals surface area contributed by atoms with Crippen LogP contribution < -0.4 is 15.5 Å². The van der Waals surface area contributed by atoms with Crippen LogP contribution in [0.1, 0.15) is 35.3 Å². The SMILES string of the molecule is CN=CC(Cc1ccc(N2CCc3sccc3C2)cc1)NC(=O)C1NC2CCC1C2. The zero-order valence-corrected chi connectivity index (χ0v) is 18.3. The lowest BCUT2D eigenvalue weighted by Gasteiger charge is -2.29. The molecule has 2 N–H and O–H groups in total. The number of hydrogen-bond donors (Lipinski definition) is 2. The molecular formula is C24H30N4OS. The van der Waals surface area contributed by atoms with E-state index in [0.29, 0.717) is 12.0 Å². The number of piperidine rings is 1. The van der Waals surface area contributed by atoms with Crippen molar-refractivity contribution >= 4 is 29.1 Å². The Bertz CT molecular complexity index is 922. The van der Waals surface area contributed by atoms with Crippen molar-refractivity contribution in [2.75, 3.05) is 18.5 Å². The van der Waals surface area contributed by atoms with Gasteiger partial charge < -0.3 is 15.5 Å². The van der Waals surface area contributed by atoms with Crippen molar-refractivity contribution in [1.82, 2.24) is 10.6 Å². The molecule has 2 aromatic rings. The quantitative estimate of drug-likeness (QED) is 0.703. The second-order valence-electron chi connectivity index (χ2n) is 8.85. The summed E-state index contributed by atoms with van der Waals surface area (Å²) in [6.45, 7) is 2.07. The molecule has 5 rings (SSSR count). The van der Waals surface area contributed by atoms with Gasteiger partial charge in [0.1, 0.15) is 0 Å². The summed E-state index contributed by atoms with van der Waals surface area (Å²) in [6.07, 6.45) is 7.29. The van der Waals surface area contributed by atoms with E-state index in [9.17, 15) is 4.79 Å². The van der Waals surface area contributed by atoms with Crippen molar-refractivity contribution in [3.8, 4) is 0 Å². The van der Waals surface area contributed by atoms with Gasteiger partial charge in [0, 0.05) is 43.0 Å². The number of thiophene rings is 1. The zero-order valence-electron chi connectivity index (χ0n) is 17.5. The summed E-state index contributed by atoms with van der Waals surface area (Å²) in [7, 11) is 1.77. The standard InChI is InChI=1S/C24H30N4OS/c1-25-14-20(27-24(29)23-17-4-5-19(13-17)26-23)12-16-2-6-21(7-3-16)28-10-8-22-18(15-28)9-11-30-22/h2-3,6-7,9,11,14,17,19-20,23,26H,4-5,8,10,12-13,15H2,1H3,(H,27,29). The Labute approximate surface area is 182 Å². The molecule has 5 nitrogen and oxygen atoms in total. The van der Waals surface area contributed by atoms with Gasteiger partial charge in [-0.1, -0.05) is 12.1 Å². The van der Waals surface area contributed by atoms with E-state index in [1.54, 1.807) is 7.05 Å². The van der Waals surface area contributed by atoms with Gasteiger partial charge in [-0.05, 0) is 72.7 Å². The summed E-state index contributed by atoms with van der Waals surface area (Å²) in [4.78, 5) is 21.0. The molecule has 1 amide bonds. The van der Waals surface area contributed by atoms with E-state index in [1.165, 1.54) is 34.5 Å². The summed E-state index contributed by atoms with van der Waals surface area (Å²) in [5, 5.41) is 8.91. The molecule has 0 spiro atoms. The second kappa shape index (κ2) is 8.52. The van der Waals surface area contributed by atoms with E-state index < -0.39 is 0 Å². The average molecular weight is 423 g/mol. The first-order valence-corrected chi connectivity index (χ1v) is 12.0. The molecule has 1 aliphatic carbocycles. The zero-order chi connectivity index (χ0) is 20.5. The van der Waals surface area contributed by atoms with Gasteiger partial charge in [-0.25, -0.2) is 0 Å². The van der Waals surface area contributed by atoms with Crippen LogP contribution in [-0.4, -0.2) is 43.8 Å². The molecule has 158 valence electrons. The number of carbonyl (C=O) groups is 1. The summed E-state index contributed by atoms with van der Waals surface area (Å²) in [5.41, 5.74) is 3.95. The molecule has 1 aromatic heterocycles. The van der Waals surface area contributed by atoms with Crippen LogP contribution in [0.25, 0.3) is 0 Å². The smallest absolute Gasteiger partial charge is 0.237 e. The van der Waals surface area contributed by atoms with Crippen molar-refractivity contribution in [2.24, 2.45) is 10.9 Å². The van der Waals surface area contributed by atoms with Crippen LogP contribution in [0.5, 0.6) is 0 Å². The first kappa shape index (κ1) is 19.8. The lowest BCUT2D eigenvalue weighted by atomic mass is 9.98. The maximum atomic E-state index is 12.8. The van der Waals surface area contributed by atoms with Crippen molar-refractivity contribution < 1.29 is 4.79 Å². The molecule has 0 radical (unpaired) electrons. The molecule has 1 saturated carbocycles. The maximum absolute atomic E-state index is 12.8. The van der Waals surface area contributed by atoms with Crippen molar-refractivity contribution in [1.29, 1.82) is 0 Å². The largest absolute Gasteiger partial charge is 0.367 e. The van der Waals surface area contributed by atoms with Gasteiger partial charge in [-0.3, -0.25) is 9.79 Å². The molecule has 4 unspecified atom stereocenters. The van der Waals surface area contributed by atoms with E-state index in [-0.39, 0.29) is 18.0 Å². The normalized spacial score (nSPS) is 26.2. The Morgan fingerprint density at radius 1 is 1.33 bits per heavy atom. The third-order valence-corrected chi connectivity index (χ3v) is 7.89. The molecule has 2 fully saturated rings. The van der Waals surface area contributed by atoms with Crippen LogP contribution in [0.2, 0.25) is 0 Å². The number of carbonyl (C=O) groups excluding carboxylic acids is 1. The Morgan fingerprint density at radius 2 is 2.20 bits per heavy atom. The van der Waals surface area contributed by atoms with Crippen LogP contribution in [0.3, 0.4) is 0 Å². The highest BCUT2D eigenvalue weighted by molar-refractivity contribution is 7.10. The van der Waals surface area contributed by atoms with Gasteiger partial charge in [0.25, 0.3) is 0 Å². The number of rotatable bonds is 6. The fourth-order valence-corrected chi connectivity index (χ4v) is 6.20. The minimum Gasteiger partial charge on any atom is -0.367 e. The molecule has 30 heavy (non-hydrogen) atoms. The molecule has 1 saturated heterocycles. The Kier molecular flexibility index (Phi) is 5.61. The summed E-state index contributed by atoms with van der Waals surface area (Å²) >= 11 is 1.88. The Balaban J connectivity index is 1.21. The van der Waals surface area contributed by atoms with E-state index in [0.717, 1.165) is 32.4 Å². The lowest BCUT2D eigenvalue weighted by Crippen LogP contribution is -2.51. The second-order valence-corrected chi connectivity index (χ2v) is 9.85. The van der Waals surface area contributed by atoms with Gasteiger partial charge in [-0.2, -0.15) is 0 Å².